The quantitative estimate of drug-likeness (QED) is 0.837. The first-order valence-corrected chi connectivity index (χ1v) is 6.79. The fourth-order valence-electron chi connectivity index (χ4n) is 2.16. The molecule has 1 heterocycles. The van der Waals surface area contributed by atoms with Gasteiger partial charge in [0.05, 0.1) is 5.56 Å². The zero-order valence-electron chi connectivity index (χ0n) is 11.0. The average molecular weight is 283 g/mol. The number of carbonyl (C=O) groups excluding carboxylic acids is 1. The summed E-state index contributed by atoms with van der Waals surface area (Å²) in [5, 5.41) is 3.45. The van der Waals surface area contributed by atoms with E-state index in [9.17, 15) is 4.79 Å². The minimum Gasteiger partial charge on any atom is -0.398 e. The molecule has 0 aliphatic carbocycles. The number of rotatable bonds is 3. The molecule has 3 N–H and O–H groups in total. The van der Waals surface area contributed by atoms with Gasteiger partial charge in [0.15, 0.2) is 0 Å². The van der Waals surface area contributed by atoms with E-state index in [-0.39, 0.29) is 11.3 Å². The largest absolute Gasteiger partial charge is 0.398 e. The van der Waals surface area contributed by atoms with Gasteiger partial charge in [-0.2, -0.15) is 0 Å². The van der Waals surface area contributed by atoms with E-state index in [1.807, 2.05) is 0 Å². The number of anilines is 1. The van der Waals surface area contributed by atoms with Crippen molar-refractivity contribution in [1.29, 1.82) is 0 Å². The lowest BCUT2D eigenvalue weighted by Gasteiger charge is -2.33. The third-order valence-corrected chi connectivity index (χ3v) is 3.87. The lowest BCUT2D eigenvalue weighted by molar-refractivity contribution is 0.0238. The molecule has 104 valence electrons. The van der Waals surface area contributed by atoms with Crippen molar-refractivity contribution in [2.75, 3.05) is 25.5 Å². The Bertz CT molecular complexity index is 471. The zero-order chi connectivity index (χ0) is 13.9. The molecule has 19 heavy (non-hydrogen) atoms. The Balaban J connectivity index is 1.99. The number of nitrogens with one attached hydrogen (secondary N) is 1. The summed E-state index contributed by atoms with van der Waals surface area (Å²) in [6.07, 6.45) is 1.91. The lowest BCUT2D eigenvalue weighted by atomic mass is 9.82. The summed E-state index contributed by atoms with van der Waals surface area (Å²) in [5.74, 6) is -0.173. The molecule has 1 aliphatic heterocycles. The second kappa shape index (κ2) is 5.80. The van der Waals surface area contributed by atoms with Crippen molar-refractivity contribution in [3.63, 3.8) is 0 Å². The van der Waals surface area contributed by atoms with Crippen LogP contribution in [0.2, 0.25) is 5.02 Å². The third kappa shape index (κ3) is 3.61. The molecule has 4 nitrogen and oxygen atoms in total. The van der Waals surface area contributed by atoms with Gasteiger partial charge in [-0.25, -0.2) is 0 Å². The number of amides is 1. The standard InChI is InChI=1S/C14H19ClN2O2/c1-14(4-6-19-7-5-14)9-17-13(18)11-8-10(15)2-3-12(11)16/h2-3,8H,4-7,9,16H2,1H3,(H,17,18). The Labute approximate surface area is 118 Å². The molecule has 1 aromatic carbocycles. The van der Waals surface area contributed by atoms with Crippen LogP contribution in [0.1, 0.15) is 30.1 Å². The first-order chi connectivity index (χ1) is 9.00. The molecule has 1 saturated heterocycles. The van der Waals surface area contributed by atoms with E-state index >= 15 is 0 Å². The van der Waals surface area contributed by atoms with Gasteiger partial charge in [0.1, 0.15) is 0 Å². The van der Waals surface area contributed by atoms with Gasteiger partial charge in [-0.3, -0.25) is 4.79 Å². The first-order valence-electron chi connectivity index (χ1n) is 6.41. The van der Waals surface area contributed by atoms with Crippen molar-refractivity contribution >= 4 is 23.2 Å². The molecule has 0 spiro atoms. The molecule has 0 bridgehead atoms. The Morgan fingerprint density at radius 1 is 1.47 bits per heavy atom. The van der Waals surface area contributed by atoms with E-state index in [4.69, 9.17) is 22.1 Å². The van der Waals surface area contributed by atoms with Gasteiger partial charge in [-0.05, 0) is 36.5 Å². The number of carbonyl (C=O) groups is 1. The van der Waals surface area contributed by atoms with Crippen molar-refractivity contribution in [3.05, 3.63) is 28.8 Å². The Morgan fingerprint density at radius 2 is 2.16 bits per heavy atom. The van der Waals surface area contributed by atoms with Crippen LogP contribution in [0.4, 0.5) is 5.69 Å². The topological polar surface area (TPSA) is 64.4 Å². The van der Waals surface area contributed by atoms with Crippen LogP contribution in [-0.2, 0) is 4.74 Å². The summed E-state index contributed by atoms with van der Waals surface area (Å²) >= 11 is 5.89. The fraction of sp³-hybridized carbons (Fsp3) is 0.500. The van der Waals surface area contributed by atoms with Crippen molar-refractivity contribution in [3.8, 4) is 0 Å². The fourth-order valence-corrected chi connectivity index (χ4v) is 2.33. The smallest absolute Gasteiger partial charge is 0.253 e. The van der Waals surface area contributed by atoms with Crippen molar-refractivity contribution in [1.82, 2.24) is 5.32 Å². The van der Waals surface area contributed by atoms with E-state index < -0.39 is 0 Å². The monoisotopic (exact) mass is 282 g/mol. The van der Waals surface area contributed by atoms with E-state index in [1.165, 1.54) is 0 Å². The van der Waals surface area contributed by atoms with Crippen LogP contribution in [0, 0.1) is 5.41 Å². The highest BCUT2D eigenvalue weighted by Crippen LogP contribution is 2.29. The lowest BCUT2D eigenvalue weighted by Crippen LogP contribution is -2.39. The summed E-state index contributed by atoms with van der Waals surface area (Å²) in [7, 11) is 0. The maximum atomic E-state index is 12.1. The molecule has 1 fully saturated rings. The Hall–Kier alpha value is -1.26. The number of ether oxygens (including phenoxy) is 1. The number of benzene rings is 1. The number of hydrogen-bond acceptors (Lipinski definition) is 3. The number of halogens is 1. The average Bonchev–Trinajstić information content (AvgIpc) is 2.40. The molecule has 2 rings (SSSR count). The molecule has 0 atom stereocenters. The van der Waals surface area contributed by atoms with Gasteiger partial charge in [-0.1, -0.05) is 18.5 Å². The van der Waals surface area contributed by atoms with Crippen LogP contribution in [0.25, 0.3) is 0 Å². The predicted octanol–water partition coefficient (Wildman–Crippen LogP) is 2.47. The van der Waals surface area contributed by atoms with Crippen LogP contribution in [0.3, 0.4) is 0 Å². The molecule has 0 saturated carbocycles. The zero-order valence-corrected chi connectivity index (χ0v) is 11.8. The molecule has 1 aromatic rings. The molecule has 5 heteroatoms. The number of nitrogen functional groups attached to an aromatic ring is 1. The van der Waals surface area contributed by atoms with Gasteiger partial charge in [-0.15, -0.1) is 0 Å². The molecule has 0 radical (unpaired) electrons. The normalized spacial score (nSPS) is 18.0. The summed E-state index contributed by atoms with van der Waals surface area (Å²) in [5.41, 5.74) is 6.77. The summed E-state index contributed by atoms with van der Waals surface area (Å²) in [6.45, 7) is 4.30. The van der Waals surface area contributed by atoms with E-state index in [1.54, 1.807) is 18.2 Å². The molecule has 1 aliphatic rings. The minimum absolute atomic E-state index is 0.0985. The van der Waals surface area contributed by atoms with E-state index in [2.05, 4.69) is 12.2 Å². The Morgan fingerprint density at radius 3 is 2.84 bits per heavy atom. The van der Waals surface area contributed by atoms with Gasteiger partial charge in [0, 0.05) is 30.5 Å². The van der Waals surface area contributed by atoms with Crippen molar-refractivity contribution in [2.45, 2.75) is 19.8 Å². The number of hydrogen-bond donors (Lipinski definition) is 2. The summed E-state index contributed by atoms with van der Waals surface area (Å²) in [4.78, 5) is 12.1. The SMILES string of the molecule is CC1(CNC(=O)c2cc(Cl)ccc2N)CCOCC1. The van der Waals surface area contributed by atoms with Crippen molar-refractivity contribution < 1.29 is 9.53 Å². The Kier molecular flexibility index (Phi) is 4.32. The molecule has 0 unspecified atom stereocenters. The van der Waals surface area contributed by atoms with Gasteiger partial charge in [0.25, 0.3) is 5.91 Å². The summed E-state index contributed by atoms with van der Waals surface area (Å²) in [6, 6.07) is 4.92. The van der Waals surface area contributed by atoms with Gasteiger partial charge >= 0.3 is 0 Å². The predicted molar refractivity (Wildman–Crippen MR) is 76.4 cm³/mol. The van der Waals surface area contributed by atoms with Crippen LogP contribution in [0.15, 0.2) is 18.2 Å². The minimum atomic E-state index is -0.173. The van der Waals surface area contributed by atoms with E-state index in [0.29, 0.717) is 22.8 Å². The van der Waals surface area contributed by atoms with Crippen LogP contribution < -0.4 is 11.1 Å². The third-order valence-electron chi connectivity index (χ3n) is 3.64. The highest BCUT2D eigenvalue weighted by atomic mass is 35.5. The molecule has 0 aromatic heterocycles. The van der Waals surface area contributed by atoms with Crippen molar-refractivity contribution in [2.24, 2.45) is 5.41 Å². The maximum Gasteiger partial charge on any atom is 0.253 e. The maximum absolute atomic E-state index is 12.1. The first kappa shape index (κ1) is 14.2. The number of nitrogens with two attached hydrogens (primary N) is 1. The van der Waals surface area contributed by atoms with Crippen LogP contribution in [-0.4, -0.2) is 25.7 Å². The second-order valence-electron chi connectivity index (χ2n) is 5.34. The highest BCUT2D eigenvalue weighted by Gasteiger charge is 2.28. The van der Waals surface area contributed by atoms with Gasteiger partial charge < -0.3 is 15.8 Å². The second-order valence-corrected chi connectivity index (χ2v) is 5.77. The molecular weight excluding hydrogens is 264 g/mol. The molecular formula is C14H19ClN2O2. The van der Waals surface area contributed by atoms with Crippen LogP contribution in [0.5, 0.6) is 0 Å². The highest BCUT2D eigenvalue weighted by molar-refractivity contribution is 6.31. The summed E-state index contributed by atoms with van der Waals surface area (Å²) < 4.78 is 5.34. The van der Waals surface area contributed by atoms with Crippen LogP contribution >= 0.6 is 11.6 Å². The van der Waals surface area contributed by atoms with E-state index in [0.717, 1.165) is 26.1 Å². The van der Waals surface area contributed by atoms with Gasteiger partial charge in [0.2, 0.25) is 0 Å². The molecule has 1 amide bonds.